The first-order valence-electron chi connectivity index (χ1n) is 10.7. The van der Waals surface area contributed by atoms with E-state index in [-0.39, 0.29) is 11.3 Å². The first kappa shape index (κ1) is 17.1. The van der Waals surface area contributed by atoms with E-state index in [2.05, 4.69) is 11.5 Å². The fourth-order valence-corrected chi connectivity index (χ4v) is 7.68. The molecule has 5 aliphatic rings. The van der Waals surface area contributed by atoms with Gasteiger partial charge in [-0.15, -0.1) is 0 Å². The van der Waals surface area contributed by atoms with E-state index in [1.165, 1.54) is 19.3 Å². The summed E-state index contributed by atoms with van der Waals surface area (Å²) in [6.45, 7) is 4.06. The molecule has 0 spiro atoms. The van der Waals surface area contributed by atoms with Crippen LogP contribution in [0, 0.1) is 23.2 Å². The summed E-state index contributed by atoms with van der Waals surface area (Å²) >= 11 is 1.59. The molecule has 2 aromatic rings. The Hall–Kier alpha value is -1.82. The Morgan fingerprint density at radius 3 is 2.32 bits per heavy atom. The smallest absolute Gasteiger partial charge is 0.254 e. The van der Waals surface area contributed by atoms with Gasteiger partial charge in [0.25, 0.3) is 5.91 Å². The number of thiazole rings is 1. The van der Waals surface area contributed by atoms with Crippen molar-refractivity contribution in [2.75, 3.05) is 13.2 Å². The van der Waals surface area contributed by atoms with Crippen LogP contribution in [0.2, 0.25) is 0 Å². The molecule has 4 bridgehead atoms. The Labute approximate surface area is 168 Å². The van der Waals surface area contributed by atoms with Crippen molar-refractivity contribution in [3.05, 3.63) is 16.9 Å². The number of nitrogens with zero attached hydrogens (tertiary/aromatic N) is 2. The molecule has 0 atom stereocenters. The van der Waals surface area contributed by atoms with Gasteiger partial charge in [0.15, 0.2) is 16.3 Å². The van der Waals surface area contributed by atoms with Gasteiger partial charge in [0.2, 0.25) is 0 Å². The van der Waals surface area contributed by atoms with Crippen LogP contribution in [0.5, 0.6) is 11.5 Å². The van der Waals surface area contributed by atoms with Gasteiger partial charge in [0.05, 0.1) is 15.6 Å². The number of benzene rings is 1. The quantitative estimate of drug-likeness (QED) is 0.764. The lowest BCUT2D eigenvalue weighted by molar-refractivity contribution is -0.142. The fraction of sp³-hybridized carbons (Fsp3) is 0.636. The molecule has 4 fully saturated rings. The number of carbonyl (C=O) groups is 1. The Kier molecular flexibility index (Phi) is 3.71. The molecule has 1 aromatic heterocycles. The molecule has 0 N–H and O–H groups in total. The fourth-order valence-electron chi connectivity index (χ4n) is 6.58. The average molecular weight is 399 g/mol. The molecule has 5 nitrogen and oxygen atoms in total. The molecular formula is C22H26N2O3S. The topological polar surface area (TPSA) is 52.8 Å². The summed E-state index contributed by atoms with van der Waals surface area (Å²) in [7, 11) is 0. The first-order valence-corrected chi connectivity index (χ1v) is 11.5. The first-order chi connectivity index (χ1) is 13.6. The molecular weight excluding hydrogens is 372 g/mol. The number of amides is 1. The second-order valence-electron chi connectivity index (χ2n) is 9.21. The maximum atomic E-state index is 13.4. The SMILES string of the molecule is CCn1c(=NC(=O)C23CC4CC(CC(C4)C2)C3)sc2cc3c(cc21)OCCO3. The predicted molar refractivity (Wildman–Crippen MR) is 108 cm³/mol. The third-order valence-corrected chi connectivity index (χ3v) is 8.39. The van der Waals surface area contributed by atoms with Gasteiger partial charge < -0.3 is 14.0 Å². The molecule has 28 heavy (non-hydrogen) atoms. The van der Waals surface area contributed by atoms with Crippen LogP contribution in [0.25, 0.3) is 10.2 Å². The molecule has 0 saturated heterocycles. The number of fused-ring (bicyclic) bond motifs is 2. The Bertz CT molecular complexity index is 999. The van der Waals surface area contributed by atoms with E-state index in [1.807, 2.05) is 12.1 Å². The predicted octanol–water partition coefficient (Wildman–Crippen LogP) is 4.14. The van der Waals surface area contributed by atoms with Crippen molar-refractivity contribution in [2.24, 2.45) is 28.2 Å². The Balaban J connectivity index is 1.43. The van der Waals surface area contributed by atoms with Crippen LogP contribution in [-0.4, -0.2) is 23.7 Å². The van der Waals surface area contributed by atoms with Gasteiger partial charge in [0.1, 0.15) is 13.2 Å². The maximum absolute atomic E-state index is 13.4. The van der Waals surface area contributed by atoms with Gasteiger partial charge >= 0.3 is 0 Å². The third kappa shape index (κ3) is 2.49. The van der Waals surface area contributed by atoms with Crippen LogP contribution in [0.3, 0.4) is 0 Å². The minimum Gasteiger partial charge on any atom is -0.486 e. The highest BCUT2D eigenvalue weighted by Crippen LogP contribution is 2.60. The van der Waals surface area contributed by atoms with Crippen LogP contribution < -0.4 is 14.3 Å². The van der Waals surface area contributed by atoms with Crippen molar-refractivity contribution in [1.82, 2.24) is 4.57 Å². The van der Waals surface area contributed by atoms with Crippen molar-refractivity contribution in [3.63, 3.8) is 0 Å². The van der Waals surface area contributed by atoms with Gasteiger partial charge in [0, 0.05) is 18.7 Å². The van der Waals surface area contributed by atoms with Crippen LogP contribution in [0.4, 0.5) is 0 Å². The van der Waals surface area contributed by atoms with Gasteiger partial charge in [-0.05, 0) is 63.2 Å². The van der Waals surface area contributed by atoms with E-state index >= 15 is 0 Å². The summed E-state index contributed by atoms with van der Waals surface area (Å²) in [4.78, 5) is 19.0. The second-order valence-corrected chi connectivity index (χ2v) is 10.2. The monoisotopic (exact) mass is 398 g/mol. The van der Waals surface area contributed by atoms with Crippen molar-refractivity contribution >= 4 is 27.5 Å². The van der Waals surface area contributed by atoms with E-state index in [0.717, 1.165) is 70.1 Å². The number of aromatic nitrogens is 1. The lowest BCUT2D eigenvalue weighted by atomic mass is 9.49. The maximum Gasteiger partial charge on any atom is 0.254 e. The van der Waals surface area contributed by atoms with Crippen molar-refractivity contribution in [3.8, 4) is 11.5 Å². The summed E-state index contributed by atoms with van der Waals surface area (Å²) in [6, 6.07) is 4.08. The van der Waals surface area contributed by atoms with Crippen LogP contribution in [-0.2, 0) is 11.3 Å². The third-order valence-electron chi connectivity index (χ3n) is 7.35. The minimum absolute atomic E-state index is 0.137. The number of rotatable bonds is 2. The van der Waals surface area contributed by atoms with E-state index in [1.54, 1.807) is 11.3 Å². The number of carbonyl (C=O) groups excluding carboxylic acids is 1. The highest BCUT2D eigenvalue weighted by atomic mass is 32.1. The van der Waals surface area contributed by atoms with Gasteiger partial charge in [-0.2, -0.15) is 4.99 Å². The van der Waals surface area contributed by atoms with E-state index in [9.17, 15) is 4.79 Å². The molecule has 1 amide bonds. The minimum atomic E-state index is -0.179. The molecule has 4 saturated carbocycles. The molecule has 0 unspecified atom stereocenters. The molecule has 0 radical (unpaired) electrons. The number of hydrogen-bond donors (Lipinski definition) is 0. The summed E-state index contributed by atoms with van der Waals surface area (Å²) in [5, 5.41) is 0. The lowest BCUT2D eigenvalue weighted by Gasteiger charge is -2.55. The average Bonchev–Trinajstić information content (AvgIpc) is 3.00. The molecule has 1 aliphatic heterocycles. The summed E-state index contributed by atoms with van der Waals surface area (Å²) < 4.78 is 14.7. The highest BCUT2D eigenvalue weighted by molar-refractivity contribution is 7.16. The number of hydrogen-bond acceptors (Lipinski definition) is 4. The summed E-state index contributed by atoms with van der Waals surface area (Å²) in [5.74, 6) is 3.99. The van der Waals surface area contributed by atoms with Crippen molar-refractivity contribution in [2.45, 2.75) is 52.0 Å². The highest BCUT2D eigenvalue weighted by Gasteiger charge is 2.54. The molecule has 4 aliphatic carbocycles. The Morgan fingerprint density at radius 2 is 1.71 bits per heavy atom. The Morgan fingerprint density at radius 1 is 1.11 bits per heavy atom. The number of ether oxygens (including phenoxy) is 2. The van der Waals surface area contributed by atoms with Gasteiger partial charge in [-0.3, -0.25) is 4.79 Å². The van der Waals surface area contributed by atoms with E-state index in [4.69, 9.17) is 14.5 Å². The molecule has 6 heteroatoms. The van der Waals surface area contributed by atoms with E-state index in [0.29, 0.717) is 13.2 Å². The normalized spacial score (nSPS) is 33.6. The zero-order valence-corrected chi connectivity index (χ0v) is 17.1. The zero-order chi connectivity index (χ0) is 18.9. The number of aryl methyl sites for hydroxylation is 1. The summed E-state index contributed by atoms with van der Waals surface area (Å²) in [5.41, 5.74) is 0.899. The summed E-state index contributed by atoms with van der Waals surface area (Å²) in [6.07, 6.45) is 7.22. The molecule has 7 rings (SSSR count). The van der Waals surface area contributed by atoms with E-state index < -0.39 is 0 Å². The van der Waals surface area contributed by atoms with Crippen LogP contribution >= 0.6 is 11.3 Å². The molecule has 148 valence electrons. The molecule has 1 aromatic carbocycles. The van der Waals surface area contributed by atoms with Crippen LogP contribution in [0.15, 0.2) is 17.1 Å². The van der Waals surface area contributed by atoms with Gasteiger partial charge in [-0.1, -0.05) is 11.3 Å². The zero-order valence-electron chi connectivity index (χ0n) is 16.3. The van der Waals surface area contributed by atoms with Crippen molar-refractivity contribution < 1.29 is 14.3 Å². The van der Waals surface area contributed by atoms with Gasteiger partial charge in [-0.25, -0.2) is 0 Å². The van der Waals surface area contributed by atoms with Crippen molar-refractivity contribution in [1.29, 1.82) is 0 Å². The largest absolute Gasteiger partial charge is 0.486 e. The van der Waals surface area contributed by atoms with Crippen LogP contribution in [0.1, 0.15) is 45.4 Å². The standard InChI is InChI=1S/C22H26N2O3S/c1-2-24-16-8-17-18(27-4-3-26-17)9-19(16)28-21(24)23-20(25)22-10-13-5-14(11-22)7-15(6-13)12-22/h8-9,13-15H,2-7,10-12H2,1H3. The second kappa shape index (κ2) is 6.09. The molecule has 2 heterocycles. The lowest BCUT2D eigenvalue weighted by Crippen LogP contribution is -2.49.